The van der Waals surface area contributed by atoms with Gasteiger partial charge in [0, 0.05) is 19.2 Å². The maximum absolute atomic E-state index is 12.7. The number of anilines is 1. The predicted octanol–water partition coefficient (Wildman–Crippen LogP) is 5.33. The summed E-state index contributed by atoms with van der Waals surface area (Å²) >= 11 is 1.35. The van der Waals surface area contributed by atoms with Gasteiger partial charge in [0.05, 0.1) is 5.69 Å². The minimum Gasteiger partial charge on any atom is -0.326 e. The Balaban J connectivity index is 1.69. The summed E-state index contributed by atoms with van der Waals surface area (Å²) in [4.78, 5) is 31.5. The highest BCUT2D eigenvalue weighted by molar-refractivity contribution is 8.15. The van der Waals surface area contributed by atoms with Crippen molar-refractivity contribution in [3.63, 3.8) is 0 Å². The number of aryl methyl sites for hydroxylation is 3. The lowest BCUT2D eigenvalue weighted by molar-refractivity contribution is -0.127. The molecule has 0 aliphatic carbocycles. The average Bonchev–Trinajstić information content (AvgIpc) is 2.93. The molecule has 0 spiro atoms. The van der Waals surface area contributed by atoms with E-state index in [9.17, 15) is 9.59 Å². The summed E-state index contributed by atoms with van der Waals surface area (Å²) in [5.74, 6) is 0.206. The first kappa shape index (κ1) is 22.1. The zero-order valence-corrected chi connectivity index (χ0v) is 19.3. The third-order valence-electron chi connectivity index (χ3n) is 5.24. The number of carbonyl (C=O) groups excluding carboxylic acids is 2. The molecule has 1 heterocycles. The maximum Gasteiger partial charge on any atom is 0.242 e. The van der Waals surface area contributed by atoms with Crippen molar-refractivity contribution < 1.29 is 9.59 Å². The summed E-state index contributed by atoms with van der Waals surface area (Å²) in [6.07, 6.45) is 0.117. The number of hydrogen-bond acceptors (Lipinski definition) is 4. The smallest absolute Gasteiger partial charge is 0.242 e. The minimum absolute atomic E-state index is 0.0925. The molecule has 5 nitrogen and oxygen atoms in total. The summed E-state index contributed by atoms with van der Waals surface area (Å²) in [6.45, 7) is 10.3. The Morgan fingerprint density at radius 1 is 1.13 bits per heavy atom. The van der Waals surface area contributed by atoms with Gasteiger partial charge in [0.25, 0.3) is 0 Å². The number of thioether (sulfide) groups is 1. The van der Waals surface area contributed by atoms with Crippen molar-refractivity contribution in [2.45, 2.75) is 52.2 Å². The van der Waals surface area contributed by atoms with Crippen molar-refractivity contribution in [2.75, 3.05) is 12.4 Å². The second-order valence-electron chi connectivity index (χ2n) is 8.17. The van der Waals surface area contributed by atoms with Gasteiger partial charge in [-0.2, -0.15) is 0 Å². The van der Waals surface area contributed by atoms with Crippen molar-refractivity contribution in [3.05, 3.63) is 58.7 Å². The third kappa shape index (κ3) is 4.93. The molecule has 0 aromatic heterocycles. The topological polar surface area (TPSA) is 61.8 Å². The van der Waals surface area contributed by atoms with Gasteiger partial charge >= 0.3 is 0 Å². The van der Waals surface area contributed by atoms with Crippen molar-refractivity contribution in [1.29, 1.82) is 0 Å². The Bertz CT molecular complexity index is 973. The zero-order chi connectivity index (χ0) is 22.0. The van der Waals surface area contributed by atoms with Gasteiger partial charge < -0.3 is 5.32 Å². The Hall–Kier alpha value is -2.60. The number of benzene rings is 2. The molecule has 1 aliphatic heterocycles. The van der Waals surface area contributed by atoms with E-state index >= 15 is 0 Å². The Kier molecular flexibility index (Phi) is 6.66. The zero-order valence-electron chi connectivity index (χ0n) is 18.4. The summed E-state index contributed by atoms with van der Waals surface area (Å²) in [5, 5.41) is 3.15. The molecule has 1 fully saturated rings. The van der Waals surface area contributed by atoms with Gasteiger partial charge in [0.2, 0.25) is 11.8 Å². The van der Waals surface area contributed by atoms with Gasteiger partial charge in [0.1, 0.15) is 5.25 Å². The highest BCUT2D eigenvalue weighted by Crippen LogP contribution is 2.31. The lowest BCUT2D eigenvalue weighted by Crippen LogP contribution is -2.30. The van der Waals surface area contributed by atoms with Gasteiger partial charge in [0.15, 0.2) is 5.17 Å². The van der Waals surface area contributed by atoms with Crippen LogP contribution in [0.4, 0.5) is 11.4 Å². The number of hydrogen-bond donors (Lipinski definition) is 1. The van der Waals surface area contributed by atoms with E-state index in [1.54, 1.807) is 11.9 Å². The summed E-state index contributed by atoms with van der Waals surface area (Å²) in [7, 11) is 1.71. The molecule has 0 bridgehead atoms. The normalized spacial score (nSPS) is 17.8. The number of aliphatic imine (C=N–C) groups is 1. The molecule has 0 saturated carbocycles. The van der Waals surface area contributed by atoms with Crippen LogP contribution in [0.15, 0.2) is 41.4 Å². The molecule has 1 saturated heterocycles. The number of amides is 2. The lowest BCUT2D eigenvalue weighted by atomic mass is 10.0. The van der Waals surface area contributed by atoms with Crippen LogP contribution in [0.5, 0.6) is 0 Å². The van der Waals surface area contributed by atoms with Crippen LogP contribution in [0.2, 0.25) is 0 Å². The molecule has 30 heavy (non-hydrogen) atoms. The first-order chi connectivity index (χ1) is 14.2. The fraction of sp³-hybridized carbons (Fsp3) is 0.375. The molecule has 0 unspecified atom stereocenters. The summed E-state index contributed by atoms with van der Waals surface area (Å²) in [6, 6.07) is 12.1. The molecule has 6 heteroatoms. The SMILES string of the molecule is Cc1cc(C)c(NC(=O)C[C@@H]2SC(=Nc3ccc(C(C)C)cc3)N(C)C2=O)c(C)c1. The van der Waals surface area contributed by atoms with E-state index in [0.717, 1.165) is 28.1 Å². The molecule has 2 aromatic carbocycles. The summed E-state index contributed by atoms with van der Waals surface area (Å²) < 4.78 is 0. The van der Waals surface area contributed by atoms with Gasteiger partial charge in [-0.25, -0.2) is 4.99 Å². The van der Waals surface area contributed by atoms with Crippen molar-refractivity contribution >= 4 is 40.1 Å². The van der Waals surface area contributed by atoms with Crippen molar-refractivity contribution in [2.24, 2.45) is 4.99 Å². The van der Waals surface area contributed by atoms with Crippen LogP contribution in [0.1, 0.15) is 48.4 Å². The average molecular weight is 424 g/mol. The van der Waals surface area contributed by atoms with Gasteiger partial charge in [-0.15, -0.1) is 0 Å². The van der Waals surface area contributed by atoms with E-state index in [4.69, 9.17) is 0 Å². The second-order valence-corrected chi connectivity index (χ2v) is 9.34. The van der Waals surface area contributed by atoms with Crippen LogP contribution >= 0.6 is 11.8 Å². The standard InChI is InChI=1S/C24H29N3O2S/c1-14(2)18-7-9-19(10-8-18)25-24-27(6)23(29)20(30-24)13-21(28)26-22-16(4)11-15(3)12-17(22)5/h7-12,14,20H,13H2,1-6H3,(H,26,28)/t20-/m0/s1. The molecule has 2 amide bonds. The summed E-state index contributed by atoms with van der Waals surface area (Å²) in [5.41, 5.74) is 6.09. The monoisotopic (exact) mass is 423 g/mol. The fourth-order valence-electron chi connectivity index (χ4n) is 3.58. The van der Waals surface area contributed by atoms with E-state index in [-0.39, 0.29) is 18.2 Å². The maximum atomic E-state index is 12.7. The molecule has 2 aromatic rings. The number of nitrogens with one attached hydrogen (secondary N) is 1. The lowest BCUT2D eigenvalue weighted by Gasteiger charge is -2.14. The molecular weight excluding hydrogens is 394 g/mol. The Morgan fingerprint density at radius 3 is 2.30 bits per heavy atom. The van der Waals surface area contributed by atoms with E-state index < -0.39 is 5.25 Å². The van der Waals surface area contributed by atoms with E-state index in [2.05, 4.69) is 36.3 Å². The van der Waals surface area contributed by atoms with Gasteiger partial charge in [-0.3, -0.25) is 14.5 Å². The van der Waals surface area contributed by atoms with Crippen molar-refractivity contribution in [3.8, 4) is 0 Å². The molecular formula is C24H29N3O2S. The van der Waals surface area contributed by atoms with E-state index in [1.807, 2.05) is 45.0 Å². The molecule has 3 rings (SSSR count). The Labute approximate surface area is 183 Å². The van der Waals surface area contributed by atoms with Gasteiger partial charge in [-0.05, 0) is 55.5 Å². The molecule has 1 N–H and O–H groups in total. The molecule has 0 radical (unpaired) electrons. The van der Waals surface area contributed by atoms with Crippen LogP contribution in [-0.2, 0) is 9.59 Å². The molecule has 1 atom stereocenters. The van der Waals surface area contributed by atoms with Crippen LogP contribution in [-0.4, -0.2) is 34.2 Å². The Morgan fingerprint density at radius 2 is 1.73 bits per heavy atom. The van der Waals surface area contributed by atoms with Crippen LogP contribution < -0.4 is 5.32 Å². The highest BCUT2D eigenvalue weighted by atomic mass is 32.2. The minimum atomic E-state index is -0.463. The number of rotatable bonds is 5. The fourth-order valence-corrected chi connectivity index (χ4v) is 4.73. The van der Waals surface area contributed by atoms with E-state index in [0.29, 0.717) is 11.1 Å². The van der Waals surface area contributed by atoms with Crippen molar-refractivity contribution in [1.82, 2.24) is 4.90 Å². The first-order valence-corrected chi connectivity index (χ1v) is 11.0. The molecule has 1 aliphatic rings. The number of nitrogens with zero attached hydrogens (tertiary/aromatic N) is 2. The number of amidine groups is 1. The predicted molar refractivity (Wildman–Crippen MR) is 126 cm³/mol. The van der Waals surface area contributed by atoms with Crippen LogP contribution in [0.25, 0.3) is 0 Å². The first-order valence-electron chi connectivity index (χ1n) is 10.2. The van der Waals surface area contributed by atoms with E-state index in [1.165, 1.54) is 17.3 Å². The van der Waals surface area contributed by atoms with Crippen LogP contribution in [0, 0.1) is 20.8 Å². The van der Waals surface area contributed by atoms with Gasteiger partial charge in [-0.1, -0.05) is 55.4 Å². The third-order valence-corrected chi connectivity index (χ3v) is 6.47. The number of carbonyl (C=O) groups is 2. The molecule has 158 valence electrons. The van der Waals surface area contributed by atoms with Crippen LogP contribution in [0.3, 0.4) is 0 Å². The quantitative estimate of drug-likeness (QED) is 0.707. The largest absolute Gasteiger partial charge is 0.326 e. The second kappa shape index (κ2) is 9.04. The highest BCUT2D eigenvalue weighted by Gasteiger charge is 2.37.